The molecule has 8 nitrogen and oxygen atoms in total. The Kier molecular flexibility index (Phi) is 7.83. The number of phenolic OH excluding ortho intramolecular Hbond substituents is 4. The third-order valence-electron chi connectivity index (χ3n) is 9.63. The van der Waals surface area contributed by atoms with Gasteiger partial charge in [0.1, 0.15) is 0 Å². The molecule has 2 heterocycles. The summed E-state index contributed by atoms with van der Waals surface area (Å²) in [6, 6.07) is 3.52. The molecule has 4 aliphatic rings. The van der Waals surface area contributed by atoms with E-state index in [-0.39, 0.29) is 33.8 Å². The van der Waals surface area contributed by atoms with Crippen LogP contribution in [0.4, 0.5) is 0 Å². The minimum Gasteiger partial charge on any atom is -0.504 e. The lowest BCUT2D eigenvalue weighted by Gasteiger charge is -2.36. The summed E-state index contributed by atoms with van der Waals surface area (Å²) in [5.74, 6) is -0.272. The molecule has 8 heteroatoms. The minimum atomic E-state index is -0.489. The fourth-order valence-electron chi connectivity index (χ4n) is 8.10. The first kappa shape index (κ1) is 29.7. The molecule has 224 valence electrons. The summed E-state index contributed by atoms with van der Waals surface area (Å²) in [7, 11) is 0. The van der Waals surface area contributed by atoms with Gasteiger partial charge in [0.2, 0.25) is 0 Å². The van der Waals surface area contributed by atoms with E-state index in [0.29, 0.717) is 39.5 Å². The molecule has 4 N–H and O–H groups in total. The molecule has 0 aromatic heterocycles. The van der Waals surface area contributed by atoms with E-state index in [1.54, 1.807) is 12.1 Å². The quantitative estimate of drug-likeness (QED) is 0.314. The predicted molar refractivity (Wildman–Crippen MR) is 159 cm³/mol. The smallest absolute Gasteiger partial charge is 0.162 e. The van der Waals surface area contributed by atoms with Gasteiger partial charge in [-0.2, -0.15) is 0 Å². The van der Waals surface area contributed by atoms with Crippen molar-refractivity contribution >= 4 is 0 Å². The van der Waals surface area contributed by atoms with Crippen LogP contribution >= 0.6 is 0 Å². The van der Waals surface area contributed by atoms with Crippen molar-refractivity contribution in [2.75, 3.05) is 52.6 Å². The maximum Gasteiger partial charge on any atom is 0.162 e. The van der Waals surface area contributed by atoms with E-state index in [1.165, 1.54) is 0 Å². The van der Waals surface area contributed by atoms with Gasteiger partial charge in [0.15, 0.2) is 23.0 Å². The number of morpholine rings is 2. The molecule has 0 saturated carbocycles. The average Bonchev–Trinajstić information content (AvgIpc) is 3.30. The Labute approximate surface area is 243 Å². The van der Waals surface area contributed by atoms with Crippen molar-refractivity contribution in [3.05, 3.63) is 58.7 Å². The molecule has 2 saturated heterocycles. The maximum absolute atomic E-state index is 11.4. The van der Waals surface area contributed by atoms with E-state index in [0.717, 1.165) is 72.4 Å². The largest absolute Gasteiger partial charge is 0.504 e. The topological polar surface area (TPSA) is 106 Å². The van der Waals surface area contributed by atoms with Gasteiger partial charge in [-0.25, -0.2) is 0 Å². The standard InChI is InChI=1S/C31H42N2O6.C2H4/c1-29(2)17-31(25-19(15-32-5-9-38-10-6-32)27(36)23(34)13-21(25)29)18-30(3,4)22-14-24(35)28(37)20(26(22)31)16-33-7-11-39-12-8-33;1-2/h13-14,34-37H,5-12,15-18H2,1-4H3;1-2H2. The second-order valence-electron chi connectivity index (χ2n) is 13.3. The van der Waals surface area contributed by atoms with Crippen LogP contribution in [0.5, 0.6) is 23.0 Å². The average molecular weight is 567 g/mol. The number of hydrogen-bond donors (Lipinski definition) is 4. The number of rotatable bonds is 4. The molecule has 2 aromatic carbocycles. The van der Waals surface area contributed by atoms with Gasteiger partial charge in [-0.3, -0.25) is 9.80 Å². The molecule has 41 heavy (non-hydrogen) atoms. The molecule has 6 rings (SSSR count). The molecule has 2 fully saturated rings. The van der Waals surface area contributed by atoms with Gasteiger partial charge >= 0.3 is 0 Å². The van der Waals surface area contributed by atoms with E-state index in [4.69, 9.17) is 9.47 Å². The fraction of sp³-hybridized carbons (Fsp3) is 0.576. The number of nitrogens with zero attached hydrogens (tertiary/aromatic N) is 2. The van der Waals surface area contributed by atoms with Gasteiger partial charge in [-0.1, -0.05) is 27.7 Å². The van der Waals surface area contributed by atoms with Crippen molar-refractivity contribution in [3.63, 3.8) is 0 Å². The van der Waals surface area contributed by atoms with Crippen LogP contribution in [0.3, 0.4) is 0 Å². The Balaban J connectivity index is 0.00000165. The Morgan fingerprint density at radius 3 is 1.34 bits per heavy atom. The summed E-state index contributed by atoms with van der Waals surface area (Å²) in [6.07, 6.45) is 1.57. The first-order valence-corrected chi connectivity index (χ1v) is 14.7. The van der Waals surface area contributed by atoms with Crippen LogP contribution in [0.1, 0.15) is 73.9 Å². The van der Waals surface area contributed by atoms with Crippen LogP contribution in [0.15, 0.2) is 25.3 Å². The predicted octanol–water partition coefficient (Wildman–Crippen LogP) is 4.62. The number of hydrogen-bond acceptors (Lipinski definition) is 8. The lowest BCUT2D eigenvalue weighted by molar-refractivity contribution is 0.0334. The van der Waals surface area contributed by atoms with Gasteiger partial charge in [0, 0.05) is 55.8 Å². The third-order valence-corrected chi connectivity index (χ3v) is 9.63. The summed E-state index contributed by atoms with van der Waals surface area (Å²) >= 11 is 0. The fourth-order valence-corrected chi connectivity index (χ4v) is 8.10. The van der Waals surface area contributed by atoms with E-state index < -0.39 is 5.41 Å². The molecule has 0 unspecified atom stereocenters. The highest BCUT2D eigenvalue weighted by molar-refractivity contribution is 5.70. The summed E-state index contributed by atoms with van der Waals surface area (Å²) in [4.78, 5) is 4.56. The van der Waals surface area contributed by atoms with E-state index in [1.807, 2.05) is 0 Å². The van der Waals surface area contributed by atoms with Crippen LogP contribution < -0.4 is 0 Å². The number of phenols is 4. The van der Waals surface area contributed by atoms with Gasteiger partial charge in [-0.05, 0) is 58.1 Å². The molecule has 2 aliphatic heterocycles. The monoisotopic (exact) mass is 566 g/mol. The molecule has 0 bridgehead atoms. The molecule has 1 spiro atoms. The molecule has 0 atom stereocenters. The first-order valence-electron chi connectivity index (χ1n) is 14.7. The normalized spacial score (nSPS) is 22.6. The van der Waals surface area contributed by atoms with Crippen molar-refractivity contribution in [3.8, 4) is 23.0 Å². The van der Waals surface area contributed by atoms with E-state index in [2.05, 4.69) is 50.7 Å². The van der Waals surface area contributed by atoms with Crippen molar-refractivity contribution in [1.29, 1.82) is 0 Å². The van der Waals surface area contributed by atoms with Gasteiger partial charge < -0.3 is 29.9 Å². The van der Waals surface area contributed by atoms with Crippen molar-refractivity contribution in [2.24, 2.45) is 0 Å². The SMILES string of the molecule is C=C.CC1(C)CC2(CC(C)(C)c3cc(O)c(O)c(CN4CCOCC4)c32)c2c1cc(O)c(O)c2CN1CCOCC1. The Morgan fingerprint density at radius 1 is 0.659 bits per heavy atom. The molecule has 0 radical (unpaired) electrons. The zero-order valence-electron chi connectivity index (χ0n) is 25.1. The van der Waals surface area contributed by atoms with Gasteiger partial charge in [0.25, 0.3) is 0 Å². The summed E-state index contributed by atoms with van der Waals surface area (Å²) in [5.41, 5.74) is 4.76. The lowest BCUT2D eigenvalue weighted by Crippen LogP contribution is -2.37. The summed E-state index contributed by atoms with van der Waals surface area (Å²) in [6.45, 7) is 21.5. The Hall–Kier alpha value is -2.78. The van der Waals surface area contributed by atoms with Crippen LogP contribution in [0.25, 0.3) is 0 Å². The van der Waals surface area contributed by atoms with Crippen LogP contribution in [-0.2, 0) is 38.8 Å². The molecule has 2 aromatic rings. The molecular weight excluding hydrogens is 520 g/mol. The number of aromatic hydroxyl groups is 4. The molecular formula is C33H46N2O6. The lowest BCUT2D eigenvalue weighted by atomic mass is 9.70. The van der Waals surface area contributed by atoms with Crippen LogP contribution in [0.2, 0.25) is 0 Å². The van der Waals surface area contributed by atoms with Gasteiger partial charge in [-0.15, -0.1) is 13.2 Å². The summed E-state index contributed by atoms with van der Waals surface area (Å²) < 4.78 is 11.2. The minimum absolute atomic E-state index is 0.0543. The van der Waals surface area contributed by atoms with Crippen molar-refractivity contribution < 1.29 is 29.9 Å². The first-order chi connectivity index (χ1) is 19.4. The number of fused-ring (bicyclic) bond motifs is 4. The Bertz CT molecular complexity index is 1210. The van der Waals surface area contributed by atoms with E-state index >= 15 is 0 Å². The highest BCUT2D eigenvalue weighted by Gasteiger charge is 2.59. The van der Waals surface area contributed by atoms with Crippen LogP contribution in [-0.4, -0.2) is 82.8 Å². The number of benzene rings is 2. The number of ether oxygens (including phenoxy) is 2. The molecule has 2 aliphatic carbocycles. The Morgan fingerprint density at radius 2 is 1.00 bits per heavy atom. The van der Waals surface area contributed by atoms with Crippen LogP contribution in [0, 0.1) is 0 Å². The van der Waals surface area contributed by atoms with Crippen molar-refractivity contribution in [2.45, 2.75) is 69.9 Å². The zero-order chi connectivity index (χ0) is 29.7. The van der Waals surface area contributed by atoms with E-state index in [9.17, 15) is 20.4 Å². The van der Waals surface area contributed by atoms with Crippen molar-refractivity contribution in [1.82, 2.24) is 9.80 Å². The zero-order valence-corrected chi connectivity index (χ0v) is 25.1. The maximum atomic E-state index is 11.4. The second-order valence-corrected chi connectivity index (χ2v) is 13.3. The highest BCUT2D eigenvalue weighted by atomic mass is 16.5. The van der Waals surface area contributed by atoms with Gasteiger partial charge in [0.05, 0.1) is 26.4 Å². The highest BCUT2D eigenvalue weighted by Crippen LogP contribution is 2.67. The third kappa shape index (κ3) is 4.88. The summed E-state index contributed by atoms with van der Waals surface area (Å²) in [5, 5.41) is 44.6. The molecule has 0 amide bonds. The second kappa shape index (κ2) is 10.8.